The molecule has 0 aliphatic heterocycles. The zero-order valence-electron chi connectivity index (χ0n) is 28.7. The van der Waals surface area contributed by atoms with Crippen LogP contribution in [0.1, 0.15) is 78.7 Å². The Morgan fingerprint density at radius 1 is 0.844 bits per heavy atom. The van der Waals surface area contributed by atoms with Gasteiger partial charge in [-0.15, -0.1) is 0 Å². The van der Waals surface area contributed by atoms with Crippen LogP contribution in [0.15, 0.2) is 84.8 Å². The van der Waals surface area contributed by atoms with E-state index in [4.69, 9.17) is 0 Å². The second-order valence-corrected chi connectivity index (χ2v) is 23.7. The summed E-state index contributed by atoms with van der Waals surface area (Å²) in [6.07, 6.45) is 6.82. The van der Waals surface area contributed by atoms with Crippen LogP contribution in [-0.2, 0) is 24.9 Å². The van der Waals surface area contributed by atoms with Crippen molar-refractivity contribution >= 4 is 34.2 Å². The van der Waals surface area contributed by atoms with E-state index in [1.807, 2.05) is 33.9 Å². The maximum absolute atomic E-state index is 11.7. The van der Waals surface area contributed by atoms with Crippen molar-refractivity contribution in [2.45, 2.75) is 90.4 Å². The van der Waals surface area contributed by atoms with E-state index >= 15 is 0 Å². The average Bonchev–Trinajstić information content (AvgIpc) is 3.01. The summed E-state index contributed by atoms with van der Waals surface area (Å²) >= 11 is -1.79. The predicted molar refractivity (Wildman–Crippen MR) is 192 cm³/mol. The van der Waals surface area contributed by atoms with E-state index < -0.39 is 13.3 Å². The molecule has 0 bridgehead atoms. The van der Waals surface area contributed by atoms with Crippen molar-refractivity contribution in [1.82, 2.24) is 4.98 Å². The van der Waals surface area contributed by atoms with Crippen molar-refractivity contribution in [3.8, 4) is 22.4 Å². The quantitative estimate of drug-likeness (QED) is 0.0708. The largest absolute Gasteiger partial charge is 0.512 e. The van der Waals surface area contributed by atoms with E-state index in [0.29, 0.717) is 5.92 Å². The van der Waals surface area contributed by atoms with Crippen LogP contribution in [0.3, 0.4) is 0 Å². The molecule has 0 atom stereocenters. The predicted octanol–water partition coefficient (Wildman–Crippen LogP) is 10.9. The minimum Gasteiger partial charge on any atom is -0.512 e. The molecular formula is C40H52GeIrNO2-. The molecule has 4 aromatic rings. The number of aromatic nitrogens is 1. The SMILES string of the molecule is CC(C)c1cc(-c2cc(-c3cc[c]([Ge]([CH3])([CH3])[CH3])cc3)ccn2)[c-]c2ccccc12.CCC(CC)C(=O)/C=C(\O)C(CC)CC.[Ir]. The van der Waals surface area contributed by atoms with Gasteiger partial charge in [-0.1, -0.05) is 33.8 Å². The number of pyridine rings is 1. The monoisotopic (exact) mass is 845 g/mol. The number of carbonyl (C=O) groups is 1. The average molecular weight is 844 g/mol. The van der Waals surface area contributed by atoms with Crippen molar-refractivity contribution in [2.75, 3.05) is 0 Å². The van der Waals surface area contributed by atoms with Crippen LogP contribution in [0, 0.1) is 17.9 Å². The molecule has 0 fully saturated rings. The van der Waals surface area contributed by atoms with Gasteiger partial charge in [-0.3, -0.25) is 4.79 Å². The molecule has 0 saturated heterocycles. The maximum Gasteiger partial charge on any atom is 0.162 e. The van der Waals surface area contributed by atoms with Gasteiger partial charge < -0.3 is 5.11 Å². The molecule has 1 radical (unpaired) electrons. The summed E-state index contributed by atoms with van der Waals surface area (Å²) in [5.74, 6) is 8.29. The molecule has 1 N–H and O–H groups in total. The Hall–Kier alpha value is -2.53. The Labute approximate surface area is 288 Å². The summed E-state index contributed by atoms with van der Waals surface area (Å²) in [4.78, 5) is 16.4. The topological polar surface area (TPSA) is 50.2 Å². The zero-order chi connectivity index (χ0) is 32.4. The summed E-state index contributed by atoms with van der Waals surface area (Å²) in [7, 11) is 0. The molecule has 1 heterocycles. The summed E-state index contributed by atoms with van der Waals surface area (Å²) in [5, 5.41) is 12.2. The van der Waals surface area contributed by atoms with Crippen molar-refractivity contribution < 1.29 is 30.0 Å². The number of nitrogens with zero attached hydrogens (tertiary/aromatic N) is 1. The van der Waals surface area contributed by atoms with Gasteiger partial charge in [0.2, 0.25) is 0 Å². The van der Waals surface area contributed by atoms with Gasteiger partial charge in [0.25, 0.3) is 0 Å². The number of hydrogen-bond acceptors (Lipinski definition) is 3. The zero-order valence-corrected chi connectivity index (χ0v) is 33.2. The van der Waals surface area contributed by atoms with Gasteiger partial charge >= 0.3 is 171 Å². The summed E-state index contributed by atoms with van der Waals surface area (Å²) in [5.41, 5.74) is 5.84. The van der Waals surface area contributed by atoms with E-state index in [-0.39, 0.29) is 43.5 Å². The summed E-state index contributed by atoms with van der Waals surface area (Å²) in [6, 6.07) is 27.8. The Balaban J connectivity index is 0.000000378. The first-order chi connectivity index (χ1) is 20.9. The van der Waals surface area contributed by atoms with Crippen LogP contribution in [0.4, 0.5) is 0 Å². The molecule has 3 nitrogen and oxygen atoms in total. The Kier molecular flexibility index (Phi) is 15.4. The maximum atomic E-state index is 11.7. The Morgan fingerprint density at radius 2 is 1.44 bits per heavy atom. The standard InChI is InChI=1S/C27H28GeN.C13H24O2.Ir/c1-19(2)26-17-23(16-22-8-6-7-9-25(22)26)27-18-21(14-15-29-27)20-10-12-24(13-11-20)28(3,4)5;1-5-10(6-2)12(14)9-13(15)11(7-3)8-4;/h6-15,17-19H,1-5H3;9-11,14H,5-8H2,1-4H3;/q-1;;/b;12-9-;. The molecule has 0 saturated carbocycles. The number of rotatable bonds is 11. The minimum absolute atomic E-state index is 0. The molecule has 0 amide bonds. The van der Waals surface area contributed by atoms with E-state index in [2.05, 4.69) is 109 Å². The van der Waals surface area contributed by atoms with Crippen molar-refractivity contribution in [3.05, 3.63) is 96.4 Å². The van der Waals surface area contributed by atoms with Gasteiger partial charge in [-0.05, 0) is 25.7 Å². The molecule has 0 aliphatic carbocycles. The molecular weight excluding hydrogens is 791 g/mol. The van der Waals surface area contributed by atoms with Crippen molar-refractivity contribution in [3.63, 3.8) is 0 Å². The third-order valence-corrected chi connectivity index (χ3v) is 13.0. The first-order valence-electron chi connectivity index (χ1n) is 16.4. The fourth-order valence-electron chi connectivity index (χ4n) is 5.57. The minimum atomic E-state index is -1.79. The van der Waals surface area contributed by atoms with Crippen LogP contribution < -0.4 is 4.40 Å². The van der Waals surface area contributed by atoms with Crippen LogP contribution >= 0.6 is 0 Å². The van der Waals surface area contributed by atoms with Crippen LogP contribution in [0.25, 0.3) is 33.2 Å². The van der Waals surface area contributed by atoms with Crippen LogP contribution in [-0.4, -0.2) is 29.1 Å². The van der Waals surface area contributed by atoms with E-state index in [0.717, 1.165) is 42.3 Å². The second-order valence-electron chi connectivity index (χ2n) is 13.1. The second kappa shape index (κ2) is 18.0. The normalized spacial score (nSPS) is 11.9. The fraction of sp³-hybridized carbons (Fsp3) is 0.400. The number of allylic oxidation sites excluding steroid dienone is 2. The van der Waals surface area contributed by atoms with Gasteiger partial charge in [0.15, 0.2) is 5.78 Å². The van der Waals surface area contributed by atoms with E-state index in [1.54, 1.807) is 0 Å². The van der Waals surface area contributed by atoms with Crippen molar-refractivity contribution in [2.24, 2.45) is 11.8 Å². The first-order valence-corrected chi connectivity index (χ1v) is 23.7. The van der Waals surface area contributed by atoms with Gasteiger partial charge in [-0.25, -0.2) is 0 Å². The van der Waals surface area contributed by atoms with E-state index in [9.17, 15) is 9.90 Å². The Bertz CT molecular complexity index is 1550. The molecule has 3 aromatic carbocycles. The number of fused-ring (bicyclic) bond motifs is 1. The molecule has 4 rings (SSSR count). The number of aliphatic hydroxyl groups is 1. The van der Waals surface area contributed by atoms with Crippen LogP contribution in [0.2, 0.25) is 17.3 Å². The van der Waals surface area contributed by atoms with Gasteiger partial charge in [0.1, 0.15) is 0 Å². The number of ketones is 1. The number of aliphatic hydroxyl groups excluding tert-OH is 1. The molecule has 0 unspecified atom stereocenters. The molecule has 0 spiro atoms. The number of benzene rings is 3. The van der Waals surface area contributed by atoms with E-state index in [1.165, 1.54) is 32.5 Å². The molecule has 45 heavy (non-hydrogen) atoms. The number of hydrogen-bond donors (Lipinski definition) is 1. The van der Waals surface area contributed by atoms with Gasteiger partial charge in [0.05, 0.1) is 5.76 Å². The Morgan fingerprint density at radius 3 is 2.00 bits per heavy atom. The van der Waals surface area contributed by atoms with Gasteiger partial charge in [0, 0.05) is 38.0 Å². The third-order valence-electron chi connectivity index (χ3n) is 8.63. The van der Waals surface area contributed by atoms with Crippen LogP contribution in [0.5, 0.6) is 0 Å². The van der Waals surface area contributed by atoms with Gasteiger partial charge in [-0.2, -0.15) is 0 Å². The molecule has 243 valence electrons. The smallest absolute Gasteiger partial charge is 0.162 e. The molecule has 1 aromatic heterocycles. The number of carbonyl (C=O) groups excluding carboxylic acids is 1. The van der Waals surface area contributed by atoms with Crippen molar-refractivity contribution in [1.29, 1.82) is 0 Å². The fourth-order valence-corrected chi connectivity index (χ4v) is 8.02. The summed E-state index contributed by atoms with van der Waals surface area (Å²) < 4.78 is 1.53. The third kappa shape index (κ3) is 10.5. The molecule has 0 aliphatic rings. The molecule has 5 heteroatoms. The first kappa shape index (κ1) is 38.7. The summed E-state index contributed by atoms with van der Waals surface area (Å²) in [6.45, 7) is 12.6.